The van der Waals surface area contributed by atoms with Gasteiger partial charge in [0.2, 0.25) is 5.91 Å². The van der Waals surface area contributed by atoms with E-state index < -0.39 is 86.8 Å². The van der Waals surface area contributed by atoms with Gasteiger partial charge >= 0.3 is 0 Å². The minimum absolute atomic E-state index is 0.247. The molecule has 14 heteroatoms. The highest BCUT2D eigenvalue weighted by Crippen LogP contribution is 2.29. The third-order valence-electron chi connectivity index (χ3n) is 9.19. The summed E-state index contributed by atoms with van der Waals surface area (Å²) < 4.78 is 22.3. The Hall–Kier alpha value is -2.31. The monoisotopic (exact) mass is 769 g/mol. The van der Waals surface area contributed by atoms with Crippen molar-refractivity contribution in [2.24, 2.45) is 0 Å². The molecular formula is C40H67NO13. The van der Waals surface area contributed by atoms with Gasteiger partial charge in [-0.25, -0.2) is 0 Å². The second-order valence-electron chi connectivity index (χ2n) is 13.7. The van der Waals surface area contributed by atoms with Crippen molar-refractivity contribution in [1.29, 1.82) is 0 Å². The predicted octanol–water partition coefficient (Wildman–Crippen LogP) is 1.97. The van der Waals surface area contributed by atoms with Crippen molar-refractivity contribution in [2.75, 3.05) is 19.8 Å². The highest BCUT2D eigenvalue weighted by atomic mass is 16.7. The molecule has 2 heterocycles. The summed E-state index contributed by atoms with van der Waals surface area (Å²) in [6, 6.07) is -0.924. The maximum Gasteiger partial charge on any atom is 0.220 e. The summed E-state index contributed by atoms with van der Waals surface area (Å²) in [6.07, 6.45) is 13.9. The van der Waals surface area contributed by atoms with Crippen LogP contribution in [0, 0.1) is 0 Å². The van der Waals surface area contributed by atoms with Crippen molar-refractivity contribution in [1.82, 2.24) is 5.32 Å². The number of ether oxygens (including phenoxy) is 4. The van der Waals surface area contributed by atoms with Crippen LogP contribution in [0.25, 0.3) is 0 Å². The number of nitrogens with one attached hydrogen (secondary N) is 1. The van der Waals surface area contributed by atoms with Crippen molar-refractivity contribution in [3.05, 3.63) is 60.8 Å². The van der Waals surface area contributed by atoms with Crippen molar-refractivity contribution in [3.8, 4) is 0 Å². The molecule has 0 spiro atoms. The Morgan fingerprint density at radius 2 is 1.28 bits per heavy atom. The summed E-state index contributed by atoms with van der Waals surface area (Å²) in [5.74, 6) is -0.281. The van der Waals surface area contributed by atoms with Crippen LogP contribution in [-0.2, 0) is 23.7 Å². The zero-order valence-corrected chi connectivity index (χ0v) is 31.9. The number of aliphatic hydroxyl groups is 8. The number of carbonyl (C=O) groups is 1. The lowest BCUT2D eigenvalue weighted by Crippen LogP contribution is -2.65. The topological polar surface area (TPSA) is 228 Å². The van der Waals surface area contributed by atoms with Gasteiger partial charge in [-0.05, 0) is 51.4 Å². The Kier molecular flexibility index (Phi) is 24.9. The van der Waals surface area contributed by atoms with E-state index in [1.54, 1.807) is 12.2 Å². The Balaban J connectivity index is 1.82. The first-order valence-corrected chi connectivity index (χ1v) is 19.5. The molecule has 12 unspecified atom stereocenters. The smallest absolute Gasteiger partial charge is 0.220 e. The molecule has 12 atom stereocenters. The van der Waals surface area contributed by atoms with Gasteiger partial charge < -0.3 is 65.1 Å². The number of hydrogen-bond donors (Lipinski definition) is 9. The van der Waals surface area contributed by atoms with Crippen LogP contribution in [0.1, 0.15) is 90.9 Å². The van der Waals surface area contributed by atoms with Crippen LogP contribution in [0.15, 0.2) is 60.8 Å². The lowest BCUT2D eigenvalue weighted by atomic mass is 9.97. The van der Waals surface area contributed by atoms with Crippen LogP contribution in [0.3, 0.4) is 0 Å². The van der Waals surface area contributed by atoms with Gasteiger partial charge in [0.15, 0.2) is 12.6 Å². The summed E-state index contributed by atoms with van der Waals surface area (Å²) >= 11 is 0. The molecule has 9 N–H and O–H groups in total. The number of amides is 1. The maximum atomic E-state index is 12.9. The van der Waals surface area contributed by atoms with Crippen LogP contribution < -0.4 is 5.32 Å². The Bertz CT molecular complexity index is 1140. The first-order chi connectivity index (χ1) is 26.1. The maximum absolute atomic E-state index is 12.9. The zero-order valence-electron chi connectivity index (χ0n) is 31.9. The summed E-state index contributed by atoms with van der Waals surface area (Å²) in [4.78, 5) is 12.9. The van der Waals surface area contributed by atoms with E-state index in [1.165, 1.54) is 0 Å². The number of allylic oxidation sites excluding steroid dienone is 9. The molecule has 0 aromatic rings. The van der Waals surface area contributed by atoms with Crippen LogP contribution >= 0.6 is 0 Å². The molecule has 0 bridgehead atoms. The molecule has 0 saturated carbocycles. The van der Waals surface area contributed by atoms with Crippen LogP contribution in [0.2, 0.25) is 0 Å². The zero-order chi connectivity index (χ0) is 39.7. The van der Waals surface area contributed by atoms with Gasteiger partial charge in [0.05, 0.1) is 32.0 Å². The van der Waals surface area contributed by atoms with Gasteiger partial charge in [-0.1, -0.05) is 93.9 Å². The third-order valence-corrected chi connectivity index (χ3v) is 9.19. The molecule has 0 radical (unpaired) electrons. The normalized spacial score (nSPS) is 30.7. The molecule has 310 valence electrons. The largest absolute Gasteiger partial charge is 0.394 e. The first-order valence-electron chi connectivity index (χ1n) is 19.5. The highest BCUT2D eigenvalue weighted by molar-refractivity contribution is 5.76. The SMILES string of the molecule is CC/C=C\C/C=C\C/C=C\C/C=C\CCCCCCC(=O)NC(COC1OC(CO)C(OC2OC(CO)C(O)C(O)C2O)C(O)C1O)C(O)/C=C/CCC. The van der Waals surface area contributed by atoms with E-state index >= 15 is 0 Å². The van der Waals surface area contributed by atoms with E-state index in [1.807, 2.05) is 6.92 Å². The molecular weight excluding hydrogens is 702 g/mol. The Labute approximate surface area is 320 Å². The minimum Gasteiger partial charge on any atom is -0.394 e. The molecule has 2 saturated heterocycles. The van der Waals surface area contributed by atoms with E-state index in [2.05, 4.69) is 60.8 Å². The number of hydrogen-bond acceptors (Lipinski definition) is 13. The average molecular weight is 770 g/mol. The summed E-state index contributed by atoms with van der Waals surface area (Å²) in [5, 5.41) is 85.4. The van der Waals surface area contributed by atoms with E-state index in [9.17, 15) is 45.6 Å². The van der Waals surface area contributed by atoms with Crippen molar-refractivity contribution in [3.63, 3.8) is 0 Å². The lowest BCUT2D eigenvalue weighted by molar-refractivity contribution is -0.359. The van der Waals surface area contributed by atoms with E-state index in [0.717, 1.165) is 57.8 Å². The molecule has 14 nitrogen and oxygen atoms in total. The quantitative estimate of drug-likeness (QED) is 0.0454. The van der Waals surface area contributed by atoms with Gasteiger partial charge in [0.1, 0.15) is 48.8 Å². The minimum atomic E-state index is -1.79. The van der Waals surface area contributed by atoms with Gasteiger partial charge in [-0.3, -0.25) is 4.79 Å². The van der Waals surface area contributed by atoms with E-state index in [4.69, 9.17) is 18.9 Å². The van der Waals surface area contributed by atoms with Crippen molar-refractivity contribution < 1.29 is 64.6 Å². The number of carbonyl (C=O) groups excluding carboxylic acids is 1. The van der Waals surface area contributed by atoms with Gasteiger partial charge in [0, 0.05) is 6.42 Å². The fourth-order valence-electron chi connectivity index (χ4n) is 5.93. The fraction of sp³-hybridized carbons (Fsp3) is 0.725. The first kappa shape index (κ1) is 47.8. The van der Waals surface area contributed by atoms with Gasteiger partial charge in [0.25, 0.3) is 0 Å². The van der Waals surface area contributed by atoms with Crippen LogP contribution in [0.4, 0.5) is 0 Å². The summed E-state index contributed by atoms with van der Waals surface area (Å²) in [5.41, 5.74) is 0. The fourth-order valence-corrected chi connectivity index (χ4v) is 5.93. The molecule has 0 aromatic heterocycles. The summed E-state index contributed by atoms with van der Waals surface area (Å²) in [7, 11) is 0. The molecule has 1 amide bonds. The number of aliphatic hydroxyl groups excluding tert-OH is 8. The molecule has 0 aliphatic carbocycles. The van der Waals surface area contributed by atoms with Crippen LogP contribution in [0.5, 0.6) is 0 Å². The van der Waals surface area contributed by atoms with E-state index in [-0.39, 0.29) is 18.9 Å². The van der Waals surface area contributed by atoms with Gasteiger partial charge in [-0.2, -0.15) is 0 Å². The third kappa shape index (κ3) is 17.2. The van der Waals surface area contributed by atoms with Crippen molar-refractivity contribution >= 4 is 5.91 Å². The molecule has 2 aliphatic rings. The van der Waals surface area contributed by atoms with E-state index in [0.29, 0.717) is 12.8 Å². The second-order valence-corrected chi connectivity index (χ2v) is 13.7. The summed E-state index contributed by atoms with van der Waals surface area (Å²) in [6.45, 7) is 2.36. The molecule has 2 fully saturated rings. The predicted molar refractivity (Wildman–Crippen MR) is 203 cm³/mol. The molecule has 0 aromatic carbocycles. The van der Waals surface area contributed by atoms with Crippen molar-refractivity contribution in [2.45, 2.75) is 164 Å². The second kappa shape index (κ2) is 28.1. The Morgan fingerprint density at radius 1 is 0.685 bits per heavy atom. The number of unbranched alkanes of at least 4 members (excludes halogenated alkanes) is 5. The Morgan fingerprint density at radius 3 is 1.91 bits per heavy atom. The average Bonchev–Trinajstić information content (AvgIpc) is 3.16. The van der Waals surface area contributed by atoms with Crippen LogP contribution in [-0.4, -0.2) is 140 Å². The molecule has 54 heavy (non-hydrogen) atoms. The van der Waals surface area contributed by atoms with Gasteiger partial charge in [-0.15, -0.1) is 0 Å². The molecule has 2 rings (SSSR count). The highest BCUT2D eigenvalue weighted by Gasteiger charge is 2.50. The molecule has 2 aliphatic heterocycles. The lowest BCUT2D eigenvalue weighted by Gasteiger charge is -2.46. The number of rotatable bonds is 26. The standard InChI is InChI=1S/C40H67NO13/c1-3-5-7-8-9-10-11-12-13-14-15-16-17-18-19-20-22-24-32(45)41-28(29(44)23-21-6-4-2)27-51-39-37(50)35(48)38(31(26-43)53-39)54-40-36(49)34(47)33(46)30(25-42)52-40/h5,7,9-10,12-13,15-16,21,23,28-31,33-40,42-44,46-50H,3-4,6,8,11,14,17-20,22,24-27H2,1-2H3,(H,41,45)/b7-5-,10-9-,13-12-,16-15-,23-21+.